The van der Waals surface area contributed by atoms with Crippen LogP contribution in [0.15, 0.2) is 118 Å². The van der Waals surface area contributed by atoms with Gasteiger partial charge in [0.1, 0.15) is 22.4 Å². The van der Waals surface area contributed by atoms with Gasteiger partial charge in [-0.3, -0.25) is 4.40 Å². The van der Waals surface area contributed by atoms with E-state index < -0.39 is 0 Å². The van der Waals surface area contributed by atoms with Gasteiger partial charge in [0.25, 0.3) is 6.71 Å². The first-order valence-electron chi connectivity index (χ1n) is 17.7. The third-order valence-corrected chi connectivity index (χ3v) is 12.3. The number of pyridine rings is 1. The summed E-state index contributed by atoms with van der Waals surface area (Å²) in [4.78, 5) is 5.40. The van der Waals surface area contributed by atoms with E-state index >= 15 is 0 Å². The van der Waals surface area contributed by atoms with Gasteiger partial charge in [-0.15, -0.1) is 0 Å². The molecule has 0 fully saturated rings. The van der Waals surface area contributed by atoms with Gasteiger partial charge < -0.3 is 13.4 Å². The fraction of sp³-hybridized carbons (Fsp3) is 0.0444. The predicted molar refractivity (Wildman–Crippen MR) is 211 cm³/mol. The Morgan fingerprint density at radius 2 is 1.31 bits per heavy atom. The lowest BCUT2D eigenvalue weighted by atomic mass is 9.34. The topological polar surface area (TPSA) is 48.5 Å². The van der Waals surface area contributed by atoms with Gasteiger partial charge in [0.15, 0.2) is 5.58 Å². The van der Waals surface area contributed by atoms with Crippen molar-refractivity contribution in [1.82, 2.24) is 14.0 Å². The third-order valence-electron chi connectivity index (χ3n) is 12.3. The van der Waals surface area contributed by atoms with Crippen LogP contribution < -0.4 is 16.4 Å². The summed E-state index contributed by atoms with van der Waals surface area (Å²) in [5.41, 5.74) is 18.1. The molecule has 234 valence electrons. The highest BCUT2D eigenvalue weighted by Gasteiger charge is 2.42. The zero-order chi connectivity index (χ0) is 33.0. The van der Waals surface area contributed by atoms with Crippen molar-refractivity contribution in [2.45, 2.75) is 13.8 Å². The van der Waals surface area contributed by atoms with Crippen LogP contribution in [0.1, 0.15) is 11.1 Å². The molecule has 7 aromatic carbocycles. The molecular weight excluding hydrogens is 625 g/mol. The van der Waals surface area contributed by atoms with Crippen molar-refractivity contribution in [1.29, 1.82) is 0 Å². The molecule has 5 nitrogen and oxygen atoms in total. The van der Waals surface area contributed by atoms with Gasteiger partial charge in [-0.05, 0) is 83.1 Å². The van der Waals surface area contributed by atoms with Crippen LogP contribution in [0.5, 0.6) is 0 Å². The molecular formula is C45H24BN3O2. The Kier molecular flexibility index (Phi) is 4.04. The van der Waals surface area contributed by atoms with E-state index in [1.54, 1.807) is 0 Å². The fourth-order valence-electron chi connectivity index (χ4n) is 10.4. The van der Waals surface area contributed by atoms with E-state index in [-0.39, 0.29) is 6.71 Å². The molecule has 0 saturated heterocycles. The summed E-state index contributed by atoms with van der Waals surface area (Å²) in [5.74, 6) is 0. The molecule has 0 amide bonds. The number of aromatic nitrogens is 3. The number of hydrogen-bond donors (Lipinski definition) is 0. The van der Waals surface area contributed by atoms with Crippen LogP contribution in [0.3, 0.4) is 0 Å². The van der Waals surface area contributed by atoms with Crippen LogP contribution in [0, 0.1) is 13.8 Å². The van der Waals surface area contributed by atoms with Crippen molar-refractivity contribution in [2.24, 2.45) is 0 Å². The molecule has 7 heterocycles. The largest absolute Gasteiger partial charge is 0.456 e. The number of imidazole rings is 1. The molecule has 0 bridgehead atoms. The Morgan fingerprint density at radius 1 is 0.529 bits per heavy atom. The molecule has 14 rings (SSSR count). The summed E-state index contributed by atoms with van der Waals surface area (Å²) in [6.07, 6.45) is 0. The van der Waals surface area contributed by atoms with E-state index in [0.717, 1.165) is 60.6 Å². The van der Waals surface area contributed by atoms with Crippen LogP contribution in [0.2, 0.25) is 0 Å². The fourth-order valence-corrected chi connectivity index (χ4v) is 10.4. The quantitative estimate of drug-likeness (QED) is 0.122. The standard InChI is InChI=1S/C45H24BN3O2/c1-21-9-7-12-26-35-22(2)19-31-39-43(35)49-41-28(13-8-14-30(41)47-45(49)36(21)26)46(39)29-20-34-37(25-11-4-6-16-33(25)50-34)38-27-18-17-24-23-10-3-5-15-32(23)51-44(24)40(27)48(31)42(29)38/h3-20H,1-2H3. The number of nitrogens with zero attached hydrogens (tertiary/aromatic N) is 3. The van der Waals surface area contributed by atoms with Gasteiger partial charge in [-0.25, -0.2) is 4.98 Å². The van der Waals surface area contributed by atoms with E-state index in [2.05, 4.69) is 132 Å². The van der Waals surface area contributed by atoms with Gasteiger partial charge in [0, 0.05) is 48.8 Å². The van der Waals surface area contributed by atoms with E-state index in [9.17, 15) is 0 Å². The average Bonchev–Trinajstić information content (AvgIpc) is 3.91. The van der Waals surface area contributed by atoms with Gasteiger partial charge in [-0.1, -0.05) is 72.8 Å². The summed E-state index contributed by atoms with van der Waals surface area (Å²) in [6.45, 7) is 4.49. The predicted octanol–water partition coefficient (Wildman–Crippen LogP) is 9.45. The van der Waals surface area contributed by atoms with Crippen LogP contribution in [-0.2, 0) is 0 Å². The monoisotopic (exact) mass is 649 g/mol. The molecule has 0 spiro atoms. The summed E-state index contributed by atoms with van der Waals surface area (Å²) in [5, 5.41) is 10.7. The molecule has 51 heavy (non-hydrogen) atoms. The zero-order valence-corrected chi connectivity index (χ0v) is 27.6. The third kappa shape index (κ3) is 2.63. The zero-order valence-electron chi connectivity index (χ0n) is 27.6. The average molecular weight is 650 g/mol. The van der Waals surface area contributed by atoms with Crippen molar-refractivity contribution in [2.75, 3.05) is 0 Å². The van der Waals surface area contributed by atoms with Crippen LogP contribution in [0.25, 0.3) is 110 Å². The summed E-state index contributed by atoms with van der Waals surface area (Å²) < 4.78 is 18.7. The minimum atomic E-state index is -0.00968. The highest BCUT2D eigenvalue weighted by molar-refractivity contribution is 7.01. The molecule has 2 aliphatic heterocycles. The Morgan fingerprint density at radius 3 is 2.22 bits per heavy atom. The molecule has 2 aliphatic rings. The summed E-state index contributed by atoms with van der Waals surface area (Å²) >= 11 is 0. The highest BCUT2D eigenvalue weighted by Crippen LogP contribution is 2.47. The molecule has 0 unspecified atom stereocenters. The van der Waals surface area contributed by atoms with Gasteiger partial charge in [0.05, 0.1) is 27.6 Å². The van der Waals surface area contributed by atoms with E-state index in [1.807, 2.05) is 0 Å². The first kappa shape index (κ1) is 25.4. The number of benzene rings is 7. The maximum absolute atomic E-state index is 6.87. The first-order chi connectivity index (χ1) is 25.2. The number of furan rings is 2. The SMILES string of the molecule is Cc1cccc2c1c1nc3cccc4c3n1c1c3c(cc(C)c21)-n1c2c(cc5oc6ccccc6c5c2c2ccc5c6ccccc6oc5c21)B43. The molecule has 12 aromatic rings. The number of rotatable bonds is 0. The van der Waals surface area contributed by atoms with Gasteiger partial charge in [0.2, 0.25) is 0 Å². The molecule has 0 aliphatic carbocycles. The number of hydrogen-bond acceptors (Lipinski definition) is 3. The lowest BCUT2D eigenvalue weighted by Crippen LogP contribution is -2.58. The first-order valence-corrected chi connectivity index (χ1v) is 17.7. The number of para-hydroxylation sites is 3. The van der Waals surface area contributed by atoms with Crippen molar-refractivity contribution >= 4 is 127 Å². The van der Waals surface area contributed by atoms with Crippen LogP contribution in [0.4, 0.5) is 0 Å². The van der Waals surface area contributed by atoms with Gasteiger partial charge in [-0.2, -0.15) is 0 Å². The van der Waals surface area contributed by atoms with E-state index in [1.165, 1.54) is 76.7 Å². The van der Waals surface area contributed by atoms with Crippen molar-refractivity contribution in [3.05, 3.63) is 120 Å². The second-order valence-corrected chi connectivity index (χ2v) is 14.7. The molecule has 0 saturated carbocycles. The minimum absolute atomic E-state index is 0.00968. The molecule has 0 atom stereocenters. The second kappa shape index (κ2) is 8.09. The number of aryl methyl sites for hydroxylation is 2. The summed E-state index contributed by atoms with van der Waals surface area (Å²) in [6, 6.07) is 39.6. The Balaban J connectivity index is 1.33. The van der Waals surface area contributed by atoms with Crippen LogP contribution >= 0.6 is 0 Å². The molecule has 6 heteroatoms. The van der Waals surface area contributed by atoms with Gasteiger partial charge >= 0.3 is 0 Å². The normalized spacial score (nSPS) is 13.6. The Hall–Kier alpha value is -6.53. The smallest absolute Gasteiger partial charge is 0.252 e. The van der Waals surface area contributed by atoms with E-state index in [0.29, 0.717) is 0 Å². The van der Waals surface area contributed by atoms with Crippen LogP contribution in [-0.4, -0.2) is 20.7 Å². The highest BCUT2D eigenvalue weighted by atomic mass is 16.3. The molecule has 0 N–H and O–H groups in total. The minimum Gasteiger partial charge on any atom is -0.456 e. The van der Waals surface area contributed by atoms with Crippen molar-refractivity contribution < 1.29 is 8.83 Å². The van der Waals surface area contributed by atoms with E-state index in [4.69, 9.17) is 13.8 Å². The van der Waals surface area contributed by atoms with Crippen molar-refractivity contribution in [3.63, 3.8) is 0 Å². The lowest BCUT2D eigenvalue weighted by molar-refractivity contribution is 0.669. The lowest BCUT2D eigenvalue weighted by Gasteiger charge is -2.32. The maximum atomic E-state index is 6.87. The Bertz CT molecular complexity index is 3690. The molecule has 0 radical (unpaired) electrons. The molecule has 5 aromatic heterocycles. The Labute approximate surface area is 289 Å². The van der Waals surface area contributed by atoms with Crippen molar-refractivity contribution in [3.8, 4) is 5.69 Å². The second-order valence-electron chi connectivity index (χ2n) is 14.7. The maximum Gasteiger partial charge on any atom is 0.252 e. The number of fused-ring (bicyclic) bond motifs is 17. The summed E-state index contributed by atoms with van der Waals surface area (Å²) in [7, 11) is 0.